The van der Waals surface area contributed by atoms with Gasteiger partial charge in [0.05, 0.1) is 0 Å². The Morgan fingerprint density at radius 1 is 1.40 bits per heavy atom. The van der Waals surface area contributed by atoms with Crippen molar-refractivity contribution in [3.8, 4) is 0 Å². The molecular weight excluding hydrogens is 250 g/mol. The van der Waals surface area contributed by atoms with Gasteiger partial charge in [-0.2, -0.15) is 0 Å². The zero-order valence-electron chi connectivity index (χ0n) is 9.60. The lowest BCUT2D eigenvalue weighted by atomic mass is 9.98. The fraction of sp³-hybridized carbons (Fsp3) is 0.538. The van der Waals surface area contributed by atoms with Crippen LogP contribution >= 0.6 is 15.9 Å². The molecule has 1 aliphatic rings. The van der Waals surface area contributed by atoms with E-state index in [1.807, 2.05) is 0 Å². The summed E-state index contributed by atoms with van der Waals surface area (Å²) in [6, 6.07) is 4.46. The Hall–Kier alpha value is -0.340. The molecule has 1 nitrogen and oxygen atoms in total. The number of halogens is 1. The maximum Gasteiger partial charge on any atom is 0.0442 e. The van der Waals surface area contributed by atoms with E-state index in [2.05, 4.69) is 48.8 Å². The van der Waals surface area contributed by atoms with E-state index in [1.54, 1.807) is 0 Å². The maximum absolute atomic E-state index is 6.40. The average Bonchev–Trinajstić information content (AvgIpc) is 2.87. The first kappa shape index (κ1) is 11.2. The van der Waals surface area contributed by atoms with Gasteiger partial charge in [-0.05, 0) is 42.9 Å². The molecule has 1 saturated carbocycles. The van der Waals surface area contributed by atoms with E-state index < -0.39 is 0 Å². The summed E-state index contributed by atoms with van der Waals surface area (Å²) >= 11 is 3.59. The minimum absolute atomic E-state index is 0.0367. The first-order chi connectivity index (χ1) is 6.99. The summed E-state index contributed by atoms with van der Waals surface area (Å²) in [4.78, 5) is 0. The van der Waals surface area contributed by atoms with Crippen LogP contribution in [0.4, 0.5) is 0 Å². The van der Waals surface area contributed by atoms with E-state index in [1.165, 1.54) is 27.6 Å². The van der Waals surface area contributed by atoms with Crippen LogP contribution < -0.4 is 5.73 Å². The number of benzene rings is 1. The number of rotatable bonds is 2. The molecule has 15 heavy (non-hydrogen) atoms. The van der Waals surface area contributed by atoms with E-state index in [4.69, 9.17) is 5.73 Å². The van der Waals surface area contributed by atoms with Crippen molar-refractivity contribution in [2.24, 2.45) is 11.7 Å². The van der Waals surface area contributed by atoms with Crippen molar-refractivity contribution in [1.82, 2.24) is 0 Å². The van der Waals surface area contributed by atoms with E-state index >= 15 is 0 Å². The van der Waals surface area contributed by atoms with Crippen molar-refractivity contribution >= 4 is 15.9 Å². The van der Waals surface area contributed by atoms with Crippen molar-refractivity contribution in [2.45, 2.75) is 39.2 Å². The zero-order chi connectivity index (χ0) is 11.2. The molecule has 1 aliphatic carbocycles. The lowest BCUT2D eigenvalue weighted by molar-refractivity contribution is 0.614. The van der Waals surface area contributed by atoms with E-state index in [-0.39, 0.29) is 5.54 Å². The summed E-state index contributed by atoms with van der Waals surface area (Å²) in [5.74, 6) is 0.678. The molecule has 0 radical (unpaired) electrons. The first-order valence-corrected chi connectivity index (χ1v) is 6.34. The lowest BCUT2D eigenvalue weighted by Gasteiger charge is -2.15. The molecule has 1 fully saturated rings. The average molecular weight is 268 g/mol. The van der Waals surface area contributed by atoms with Crippen LogP contribution in [0.15, 0.2) is 16.6 Å². The monoisotopic (exact) mass is 267 g/mol. The Bertz CT molecular complexity index is 377. The molecule has 0 amide bonds. The Morgan fingerprint density at radius 3 is 2.33 bits per heavy atom. The third kappa shape index (κ3) is 1.74. The highest BCUT2D eigenvalue weighted by Gasteiger charge is 2.50. The van der Waals surface area contributed by atoms with Gasteiger partial charge in [-0.1, -0.05) is 41.4 Å². The van der Waals surface area contributed by atoms with Crippen LogP contribution in [0.25, 0.3) is 0 Å². The molecule has 0 aromatic heterocycles. The molecule has 82 valence electrons. The van der Waals surface area contributed by atoms with Crippen LogP contribution in [0, 0.1) is 19.8 Å². The molecule has 0 bridgehead atoms. The topological polar surface area (TPSA) is 26.0 Å². The molecule has 2 atom stereocenters. The summed E-state index contributed by atoms with van der Waals surface area (Å²) in [6.07, 6.45) is 2.33. The minimum Gasteiger partial charge on any atom is -0.321 e. The Balaban J connectivity index is 2.39. The summed E-state index contributed by atoms with van der Waals surface area (Å²) in [5.41, 5.74) is 10.2. The van der Waals surface area contributed by atoms with Crippen LogP contribution in [0.2, 0.25) is 0 Å². The predicted octanol–water partition coefficient (Wildman–Crippen LogP) is 3.65. The van der Waals surface area contributed by atoms with Gasteiger partial charge in [0.2, 0.25) is 0 Å². The predicted molar refractivity (Wildman–Crippen MR) is 67.9 cm³/mol. The van der Waals surface area contributed by atoms with Crippen molar-refractivity contribution in [3.05, 3.63) is 33.3 Å². The zero-order valence-corrected chi connectivity index (χ0v) is 11.2. The fourth-order valence-electron chi connectivity index (χ4n) is 2.43. The third-order valence-corrected chi connectivity index (χ3v) is 4.87. The van der Waals surface area contributed by atoms with Crippen molar-refractivity contribution in [1.29, 1.82) is 0 Å². The summed E-state index contributed by atoms with van der Waals surface area (Å²) < 4.78 is 1.21. The molecule has 0 spiro atoms. The minimum atomic E-state index is -0.0367. The van der Waals surface area contributed by atoms with Crippen LogP contribution in [0.5, 0.6) is 0 Å². The Morgan fingerprint density at radius 2 is 1.93 bits per heavy atom. The number of hydrogen-bond donors (Lipinski definition) is 1. The number of aryl methyl sites for hydroxylation is 2. The van der Waals surface area contributed by atoms with Crippen LogP contribution in [-0.2, 0) is 5.54 Å². The third-order valence-electron chi connectivity index (χ3n) is 3.62. The van der Waals surface area contributed by atoms with Crippen molar-refractivity contribution < 1.29 is 0 Å². The second-order valence-electron chi connectivity index (χ2n) is 4.77. The molecule has 2 heteroatoms. The molecule has 0 aliphatic heterocycles. The highest BCUT2D eigenvalue weighted by atomic mass is 79.9. The standard InChI is InChI=1S/C13H18BrN/c1-4-10-7-13(10,15)11-5-8(2)12(14)9(3)6-11/h5-6,10H,4,7,15H2,1-3H3. The van der Waals surface area contributed by atoms with Gasteiger partial charge in [-0.15, -0.1) is 0 Å². The van der Waals surface area contributed by atoms with Crippen molar-refractivity contribution in [3.63, 3.8) is 0 Å². The Kier molecular flexibility index (Phi) is 2.68. The molecule has 2 rings (SSSR count). The molecular formula is C13H18BrN. The summed E-state index contributed by atoms with van der Waals surface area (Å²) in [5, 5.41) is 0. The van der Waals surface area contributed by atoms with Gasteiger partial charge < -0.3 is 5.73 Å². The van der Waals surface area contributed by atoms with Crippen LogP contribution in [0.3, 0.4) is 0 Å². The van der Waals surface area contributed by atoms with E-state index in [9.17, 15) is 0 Å². The Labute approximate surface area is 100 Å². The second kappa shape index (κ2) is 3.60. The number of nitrogens with two attached hydrogens (primary N) is 1. The smallest absolute Gasteiger partial charge is 0.0442 e. The fourth-order valence-corrected chi connectivity index (χ4v) is 2.65. The number of hydrogen-bond acceptors (Lipinski definition) is 1. The second-order valence-corrected chi connectivity index (χ2v) is 5.57. The summed E-state index contributed by atoms with van der Waals surface area (Å²) in [7, 11) is 0. The maximum atomic E-state index is 6.40. The molecule has 0 saturated heterocycles. The normalized spacial score (nSPS) is 29.3. The van der Waals surface area contributed by atoms with E-state index in [0.717, 1.165) is 6.42 Å². The largest absolute Gasteiger partial charge is 0.321 e. The highest BCUT2D eigenvalue weighted by molar-refractivity contribution is 9.10. The molecule has 1 aromatic rings. The quantitative estimate of drug-likeness (QED) is 0.870. The summed E-state index contributed by atoms with van der Waals surface area (Å²) in [6.45, 7) is 6.48. The molecule has 0 heterocycles. The van der Waals surface area contributed by atoms with Gasteiger partial charge in [0.15, 0.2) is 0 Å². The van der Waals surface area contributed by atoms with Gasteiger partial charge >= 0.3 is 0 Å². The SMILES string of the molecule is CCC1CC1(N)c1cc(C)c(Br)c(C)c1. The molecule has 1 aromatic carbocycles. The van der Waals surface area contributed by atoms with Crippen molar-refractivity contribution in [2.75, 3.05) is 0 Å². The van der Waals surface area contributed by atoms with Gasteiger partial charge in [-0.3, -0.25) is 0 Å². The molecule has 2 unspecified atom stereocenters. The highest BCUT2D eigenvalue weighted by Crippen LogP contribution is 2.52. The first-order valence-electron chi connectivity index (χ1n) is 5.55. The van der Waals surface area contributed by atoms with Gasteiger partial charge in [0.1, 0.15) is 0 Å². The van der Waals surface area contributed by atoms with Crippen LogP contribution in [-0.4, -0.2) is 0 Å². The lowest BCUT2D eigenvalue weighted by Crippen LogP contribution is -2.22. The van der Waals surface area contributed by atoms with Gasteiger partial charge in [0, 0.05) is 10.0 Å². The van der Waals surface area contributed by atoms with Gasteiger partial charge in [-0.25, -0.2) is 0 Å². The van der Waals surface area contributed by atoms with Gasteiger partial charge in [0.25, 0.3) is 0 Å². The molecule has 2 N–H and O–H groups in total. The van der Waals surface area contributed by atoms with Crippen LogP contribution in [0.1, 0.15) is 36.5 Å². The van der Waals surface area contributed by atoms with E-state index in [0.29, 0.717) is 5.92 Å².